The molecule has 1 aliphatic rings. The molecule has 0 radical (unpaired) electrons. The molecule has 0 unspecified atom stereocenters. The smallest absolute Gasteiger partial charge is 0.222 e. The fraction of sp³-hybridized carbons (Fsp3) is 0.421. The zero-order valence-corrected chi connectivity index (χ0v) is 16.9. The summed E-state index contributed by atoms with van der Waals surface area (Å²) in [7, 11) is 1.62. The fourth-order valence-electron chi connectivity index (χ4n) is 3.43. The zero-order valence-electron chi connectivity index (χ0n) is 16.2. The van der Waals surface area contributed by atoms with Crippen LogP contribution in [0, 0.1) is 0 Å². The van der Waals surface area contributed by atoms with E-state index in [1.165, 1.54) is 6.33 Å². The number of amides is 1. The Hall–Kier alpha value is -2.94. The summed E-state index contributed by atoms with van der Waals surface area (Å²) < 4.78 is 6.97. The summed E-state index contributed by atoms with van der Waals surface area (Å²) >= 11 is 5.69. The third-order valence-electron chi connectivity index (χ3n) is 4.97. The van der Waals surface area contributed by atoms with Gasteiger partial charge in [0.05, 0.1) is 12.8 Å². The maximum absolute atomic E-state index is 12.2. The largest absolute Gasteiger partial charge is 0.497 e. The predicted molar refractivity (Wildman–Crippen MR) is 110 cm³/mol. The molecule has 10 heteroatoms. The van der Waals surface area contributed by atoms with Crippen LogP contribution in [0.15, 0.2) is 30.6 Å². The molecule has 3 heterocycles. The molecule has 152 valence electrons. The van der Waals surface area contributed by atoms with Crippen LogP contribution >= 0.6 is 11.6 Å². The highest BCUT2D eigenvalue weighted by Crippen LogP contribution is 2.25. The molecule has 0 aliphatic carbocycles. The molecule has 4 rings (SSSR count). The van der Waals surface area contributed by atoms with E-state index < -0.39 is 0 Å². The topological polar surface area (TPSA) is 89.3 Å². The molecule has 1 aromatic carbocycles. The van der Waals surface area contributed by atoms with Crippen molar-refractivity contribution in [1.82, 2.24) is 29.9 Å². The van der Waals surface area contributed by atoms with Crippen molar-refractivity contribution < 1.29 is 9.53 Å². The number of fused-ring (bicyclic) bond motifs is 1. The number of carbonyl (C=O) groups is 1. The van der Waals surface area contributed by atoms with Crippen LogP contribution in [-0.2, 0) is 4.79 Å². The Kier molecular flexibility index (Phi) is 5.75. The van der Waals surface area contributed by atoms with Gasteiger partial charge in [0.1, 0.15) is 12.1 Å². The highest BCUT2D eigenvalue weighted by Gasteiger charge is 2.24. The Morgan fingerprint density at radius 1 is 1.21 bits per heavy atom. The molecule has 29 heavy (non-hydrogen) atoms. The lowest BCUT2D eigenvalue weighted by Crippen LogP contribution is -2.49. The molecular weight excluding hydrogens is 394 g/mol. The van der Waals surface area contributed by atoms with Gasteiger partial charge >= 0.3 is 0 Å². The number of rotatable bonds is 6. The van der Waals surface area contributed by atoms with Crippen molar-refractivity contribution in [1.29, 1.82) is 0 Å². The maximum atomic E-state index is 12.2. The molecule has 2 aromatic heterocycles. The number of methoxy groups -OCH3 is 1. The van der Waals surface area contributed by atoms with Gasteiger partial charge in [-0.05, 0) is 18.6 Å². The lowest BCUT2D eigenvalue weighted by Gasteiger charge is -2.35. The van der Waals surface area contributed by atoms with Gasteiger partial charge in [-0.3, -0.25) is 4.79 Å². The van der Waals surface area contributed by atoms with Crippen molar-refractivity contribution in [2.24, 2.45) is 0 Å². The molecule has 0 spiro atoms. The Morgan fingerprint density at radius 3 is 2.79 bits per heavy atom. The van der Waals surface area contributed by atoms with Gasteiger partial charge in [-0.2, -0.15) is 4.68 Å². The van der Waals surface area contributed by atoms with Crippen molar-refractivity contribution in [3.8, 4) is 11.4 Å². The maximum Gasteiger partial charge on any atom is 0.222 e. The summed E-state index contributed by atoms with van der Waals surface area (Å²) in [6, 6.07) is 7.56. The Balaban J connectivity index is 1.55. The molecular formula is C19H22ClN7O2. The predicted octanol–water partition coefficient (Wildman–Crippen LogP) is 1.89. The summed E-state index contributed by atoms with van der Waals surface area (Å²) in [5, 5.41) is 8.61. The molecule has 0 atom stereocenters. The van der Waals surface area contributed by atoms with Crippen LogP contribution in [0.5, 0.6) is 5.75 Å². The molecule has 3 aromatic rings. The summed E-state index contributed by atoms with van der Waals surface area (Å²) in [4.78, 5) is 25.1. The van der Waals surface area contributed by atoms with Gasteiger partial charge in [-0.25, -0.2) is 9.97 Å². The minimum atomic E-state index is 0.155. The van der Waals surface area contributed by atoms with E-state index in [0.29, 0.717) is 56.1 Å². The van der Waals surface area contributed by atoms with Gasteiger partial charge in [0, 0.05) is 44.5 Å². The number of nitrogens with zero attached hydrogens (tertiary/aromatic N) is 7. The average Bonchev–Trinajstić information content (AvgIpc) is 3.22. The normalized spacial score (nSPS) is 14.4. The van der Waals surface area contributed by atoms with Crippen molar-refractivity contribution in [3.63, 3.8) is 0 Å². The second-order valence-electron chi connectivity index (χ2n) is 6.73. The number of benzene rings is 1. The first-order chi connectivity index (χ1) is 14.2. The molecule has 9 nitrogen and oxygen atoms in total. The monoisotopic (exact) mass is 415 g/mol. The lowest BCUT2D eigenvalue weighted by molar-refractivity contribution is -0.131. The van der Waals surface area contributed by atoms with Crippen LogP contribution in [0.1, 0.15) is 12.8 Å². The third-order valence-corrected chi connectivity index (χ3v) is 5.24. The minimum Gasteiger partial charge on any atom is -0.497 e. The Bertz CT molecular complexity index is 1000. The first kappa shape index (κ1) is 19.4. The van der Waals surface area contributed by atoms with Crippen LogP contribution in [-0.4, -0.2) is 74.9 Å². The van der Waals surface area contributed by atoms with E-state index in [1.807, 2.05) is 29.2 Å². The van der Waals surface area contributed by atoms with E-state index >= 15 is 0 Å². The number of alkyl halides is 1. The third kappa shape index (κ3) is 3.95. The molecule has 1 aliphatic heterocycles. The van der Waals surface area contributed by atoms with Gasteiger partial charge < -0.3 is 14.5 Å². The average molecular weight is 416 g/mol. The quantitative estimate of drug-likeness (QED) is 0.568. The van der Waals surface area contributed by atoms with Crippen LogP contribution in [0.4, 0.5) is 5.82 Å². The second kappa shape index (κ2) is 8.60. The van der Waals surface area contributed by atoms with Crippen molar-refractivity contribution in [3.05, 3.63) is 30.6 Å². The van der Waals surface area contributed by atoms with Gasteiger partial charge in [-0.15, -0.1) is 16.7 Å². The molecule has 0 N–H and O–H groups in total. The van der Waals surface area contributed by atoms with Crippen LogP contribution in [0.25, 0.3) is 16.9 Å². The summed E-state index contributed by atoms with van der Waals surface area (Å²) in [5.74, 6) is 2.13. The van der Waals surface area contributed by atoms with E-state index in [2.05, 4.69) is 25.2 Å². The number of hydrogen-bond acceptors (Lipinski definition) is 7. The van der Waals surface area contributed by atoms with Gasteiger partial charge in [-0.1, -0.05) is 11.3 Å². The lowest BCUT2D eigenvalue weighted by atomic mass is 10.2. The fourth-order valence-corrected chi connectivity index (χ4v) is 3.56. The van der Waals surface area contributed by atoms with Gasteiger partial charge in [0.25, 0.3) is 0 Å². The van der Waals surface area contributed by atoms with Gasteiger partial charge in [0.2, 0.25) is 5.91 Å². The van der Waals surface area contributed by atoms with Gasteiger partial charge in [0.15, 0.2) is 17.0 Å². The SMILES string of the molecule is COc1cccc(-n2nnc3c(N4CCN(C(=O)CCCCl)CC4)ncnc32)c1. The Morgan fingerprint density at radius 2 is 2.03 bits per heavy atom. The molecule has 0 bridgehead atoms. The number of aromatic nitrogens is 5. The number of ether oxygens (including phenoxy) is 1. The van der Waals surface area contributed by atoms with Crippen LogP contribution in [0.2, 0.25) is 0 Å². The van der Waals surface area contributed by atoms with E-state index in [1.54, 1.807) is 11.8 Å². The van der Waals surface area contributed by atoms with Crippen molar-refractivity contribution >= 4 is 34.5 Å². The van der Waals surface area contributed by atoms with E-state index in [4.69, 9.17) is 16.3 Å². The second-order valence-corrected chi connectivity index (χ2v) is 7.11. The highest BCUT2D eigenvalue weighted by molar-refractivity contribution is 6.17. The number of carbonyl (C=O) groups excluding carboxylic acids is 1. The summed E-state index contributed by atoms with van der Waals surface area (Å²) in [6.45, 7) is 2.67. The number of halogens is 1. The first-order valence-corrected chi connectivity index (χ1v) is 10.0. The number of hydrogen-bond donors (Lipinski definition) is 0. The first-order valence-electron chi connectivity index (χ1n) is 9.51. The molecule has 0 saturated carbocycles. The summed E-state index contributed by atoms with van der Waals surface area (Å²) in [5.41, 5.74) is 2.08. The summed E-state index contributed by atoms with van der Waals surface area (Å²) in [6.07, 6.45) is 2.73. The van der Waals surface area contributed by atoms with Crippen LogP contribution < -0.4 is 9.64 Å². The van der Waals surface area contributed by atoms with Crippen LogP contribution in [0.3, 0.4) is 0 Å². The Labute approximate surface area is 173 Å². The van der Waals surface area contributed by atoms with Crippen molar-refractivity contribution in [2.75, 3.05) is 44.1 Å². The van der Waals surface area contributed by atoms with E-state index in [9.17, 15) is 4.79 Å². The van der Waals surface area contributed by atoms with E-state index in [-0.39, 0.29) is 5.91 Å². The standard InChI is InChI=1S/C19H22ClN7O2/c1-29-15-5-2-4-14(12-15)27-19-17(23-24-27)18(21-13-22-19)26-10-8-25(9-11-26)16(28)6-3-7-20/h2,4-5,12-13H,3,6-11H2,1H3. The number of anilines is 1. The zero-order chi connectivity index (χ0) is 20.2. The molecule has 1 fully saturated rings. The number of piperazine rings is 1. The van der Waals surface area contributed by atoms with Crippen molar-refractivity contribution in [2.45, 2.75) is 12.8 Å². The molecule has 1 amide bonds. The van der Waals surface area contributed by atoms with E-state index in [0.717, 1.165) is 17.3 Å². The molecule has 1 saturated heterocycles. The minimum absolute atomic E-state index is 0.155. The highest BCUT2D eigenvalue weighted by atomic mass is 35.5.